The number of unbranched alkanes of at least 4 members (excludes halogenated alkanes) is 2. The molecule has 1 aromatic rings. The standard InChI is InChI=1S/C32H43N3O4S/c1-4-6-10-18-34-20-12-16-32-26(25-28(37)33(17-5-2)19-11-15-31(25,3)40-32)29(38)35(27(32)30(34)39)24(22-36)21-23-13-8-7-9-14-23/h7-9,11-16,24-27,36H,4-6,10,17-22H2,1-3H3/t24-,25-,26+,27?,31+,32+/m1/s1. The van der Waals surface area contributed by atoms with E-state index in [1.165, 1.54) is 0 Å². The second kappa shape index (κ2) is 11.7. The summed E-state index contributed by atoms with van der Waals surface area (Å²) in [7, 11) is 0. The van der Waals surface area contributed by atoms with Crippen molar-refractivity contribution >= 4 is 29.5 Å². The molecule has 216 valence electrons. The highest BCUT2D eigenvalue weighted by Gasteiger charge is 2.74. The van der Waals surface area contributed by atoms with Gasteiger partial charge in [-0.15, -0.1) is 11.8 Å². The number of aliphatic hydroxyl groups is 1. The summed E-state index contributed by atoms with van der Waals surface area (Å²) < 4.78 is -1.49. The first-order chi connectivity index (χ1) is 19.3. The normalized spacial score (nSPS) is 32.1. The fraction of sp³-hybridized carbons (Fsp3) is 0.594. The summed E-state index contributed by atoms with van der Waals surface area (Å²) in [5.41, 5.74) is 0.997. The van der Waals surface area contributed by atoms with Crippen molar-refractivity contribution in [3.05, 3.63) is 60.2 Å². The van der Waals surface area contributed by atoms with Crippen molar-refractivity contribution in [3.63, 3.8) is 0 Å². The lowest BCUT2D eigenvalue weighted by Crippen LogP contribution is -2.57. The molecule has 1 N–H and O–H groups in total. The average molecular weight is 566 g/mol. The molecular weight excluding hydrogens is 522 g/mol. The highest BCUT2D eigenvalue weighted by atomic mass is 32.2. The number of nitrogens with zero attached hydrogens (tertiary/aromatic N) is 3. The van der Waals surface area contributed by atoms with E-state index >= 15 is 0 Å². The first kappa shape index (κ1) is 28.9. The highest BCUT2D eigenvalue weighted by molar-refractivity contribution is 8.02. The highest BCUT2D eigenvalue weighted by Crippen LogP contribution is 2.65. The van der Waals surface area contributed by atoms with E-state index < -0.39 is 33.4 Å². The minimum atomic E-state index is -0.883. The molecule has 0 aliphatic carbocycles. The van der Waals surface area contributed by atoms with Gasteiger partial charge in [-0.1, -0.05) is 81.3 Å². The van der Waals surface area contributed by atoms with Gasteiger partial charge in [0.25, 0.3) is 0 Å². The molecule has 4 aliphatic heterocycles. The Kier molecular flexibility index (Phi) is 8.48. The molecule has 4 aliphatic rings. The topological polar surface area (TPSA) is 81.2 Å². The monoisotopic (exact) mass is 565 g/mol. The van der Waals surface area contributed by atoms with E-state index in [0.29, 0.717) is 32.6 Å². The number of carbonyl (C=O) groups excluding carboxylic acids is 3. The van der Waals surface area contributed by atoms with Crippen molar-refractivity contribution in [1.82, 2.24) is 14.7 Å². The molecule has 2 saturated heterocycles. The van der Waals surface area contributed by atoms with Crippen LogP contribution >= 0.6 is 11.8 Å². The SMILES string of the molecule is CCCCCN1CC=C[C@]23S[C@@]4(C)C=CCN(CCC)C(=O)[C@H]4[C@H]2C(=O)N([C@@H](CO)Cc2ccccc2)C3C1=O. The van der Waals surface area contributed by atoms with Gasteiger partial charge in [0.2, 0.25) is 17.7 Å². The van der Waals surface area contributed by atoms with Crippen molar-refractivity contribution in [3.8, 4) is 0 Å². The predicted molar refractivity (Wildman–Crippen MR) is 159 cm³/mol. The third kappa shape index (κ3) is 4.81. The molecular formula is C32H43N3O4S. The fourth-order valence-corrected chi connectivity index (χ4v) is 9.46. The summed E-state index contributed by atoms with van der Waals surface area (Å²) in [4.78, 5) is 48.8. The van der Waals surface area contributed by atoms with Crippen LogP contribution in [0.15, 0.2) is 54.6 Å². The molecule has 0 aromatic heterocycles. The summed E-state index contributed by atoms with van der Waals surface area (Å²) in [5.74, 6) is -1.52. The van der Waals surface area contributed by atoms with Crippen molar-refractivity contribution in [1.29, 1.82) is 0 Å². The van der Waals surface area contributed by atoms with Crippen LogP contribution in [0.4, 0.5) is 0 Å². The van der Waals surface area contributed by atoms with Crippen molar-refractivity contribution in [2.75, 3.05) is 32.8 Å². The number of thioether (sulfide) groups is 1. The van der Waals surface area contributed by atoms with Crippen LogP contribution in [0.25, 0.3) is 0 Å². The fourth-order valence-electron chi connectivity index (χ4n) is 7.31. The molecule has 4 heterocycles. The molecule has 7 nitrogen and oxygen atoms in total. The maximum absolute atomic E-state index is 14.7. The van der Waals surface area contributed by atoms with Crippen LogP contribution in [0, 0.1) is 11.8 Å². The first-order valence-corrected chi connectivity index (χ1v) is 15.7. The minimum Gasteiger partial charge on any atom is -0.394 e. The van der Waals surface area contributed by atoms with E-state index in [-0.39, 0.29) is 24.3 Å². The lowest BCUT2D eigenvalue weighted by Gasteiger charge is -2.40. The summed E-state index contributed by atoms with van der Waals surface area (Å²) in [6, 6.07) is 8.46. The molecule has 0 radical (unpaired) electrons. The quantitative estimate of drug-likeness (QED) is 0.346. The number of aliphatic hydroxyl groups excluding tert-OH is 1. The molecule has 8 heteroatoms. The summed E-state index contributed by atoms with van der Waals surface area (Å²) >= 11 is 1.61. The maximum atomic E-state index is 14.7. The van der Waals surface area contributed by atoms with E-state index in [2.05, 4.69) is 39.0 Å². The Labute approximate surface area is 242 Å². The molecule has 40 heavy (non-hydrogen) atoms. The van der Waals surface area contributed by atoms with E-state index in [0.717, 1.165) is 31.2 Å². The Morgan fingerprint density at radius 3 is 2.27 bits per heavy atom. The van der Waals surface area contributed by atoms with E-state index in [1.807, 2.05) is 46.2 Å². The zero-order valence-corrected chi connectivity index (χ0v) is 24.8. The number of likely N-dealkylation sites (tertiary alicyclic amines) is 1. The largest absolute Gasteiger partial charge is 0.394 e. The summed E-state index contributed by atoms with van der Waals surface area (Å²) in [6.07, 6.45) is 12.5. The van der Waals surface area contributed by atoms with Crippen LogP contribution in [0.3, 0.4) is 0 Å². The average Bonchev–Trinajstić information content (AvgIpc) is 3.23. The maximum Gasteiger partial charge on any atom is 0.247 e. The number of amides is 3. The third-order valence-corrected chi connectivity index (χ3v) is 10.9. The second-order valence-electron chi connectivity index (χ2n) is 11.8. The number of carbonyl (C=O) groups is 3. The van der Waals surface area contributed by atoms with E-state index in [1.54, 1.807) is 16.7 Å². The molecule has 1 unspecified atom stereocenters. The van der Waals surface area contributed by atoms with Crippen molar-refractivity contribution in [2.45, 2.75) is 74.5 Å². The van der Waals surface area contributed by atoms with Crippen LogP contribution in [0.1, 0.15) is 52.0 Å². The second-order valence-corrected chi connectivity index (χ2v) is 13.6. The third-order valence-electron chi connectivity index (χ3n) is 9.11. The Morgan fingerprint density at radius 1 is 0.900 bits per heavy atom. The number of benzene rings is 1. The van der Waals surface area contributed by atoms with Gasteiger partial charge in [-0.3, -0.25) is 14.4 Å². The van der Waals surface area contributed by atoms with Crippen LogP contribution < -0.4 is 0 Å². The van der Waals surface area contributed by atoms with Gasteiger partial charge in [0.1, 0.15) is 6.04 Å². The van der Waals surface area contributed by atoms with Gasteiger partial charge in [-0.2, -0.15) is 0 Å². The Bertz CT molecular complexity index is 1170. The molecule has 0 saturated carbocycles. The molecule has 1 spiro atoms. The molecule has 1 aromatic carbocycles. The van der Waals surface area contributed by atoms with Crippen LogP contribution in [0.2, 0.25) is 0 Å². The number of hydrogen-bond donors (Lipinski definition) is 1. The minimum absolute atomic E-state index is 0.00817. The van der Waals surface area contributed by atoms with Crippen molar-refractivity contribution < 1.29 is 19.5 Å². The van der Waals surface area contributed by atoms with Crippen LogP contribution in [-0.2, 0) is 20.8 Å². The number of rotatable bonds is 10. The van der Waals surface area contributed by atoms with Crippen LogP contribution in [-0.4, -0.2) is 91.9 Å². The molecule has 6 atom stereocenters. The lowest BCUT2D eigenvalue weighted by molar-refractivity contribution is -0.147. The Balaban J connectivity index is 1.61. The van der Waals surface area contributed by atoms with Gasteiger partial charge < -0.3 is 19.8 Å². The summed E-state index contributed by atoms with van der Waals surface area (Å²) in [5, 5.41) is 10.7. The number of hydrogen-bond acceptors (Lipinski definition) is 5. The smallest absolute Gasteiger partial charge is 0.247 e. The van der Waals surface area contributed by atoms with E-state index in [9.17, 15) is 19.5 Å². The van der Waals surface area contributed by atoms with Gasteiger partial charge in [0.05, 0.1) is 29.2 Å². The summed E-state index contributed by atoms with van der Waals surface area (Å²) in [6.45, 7) is 8.29. The number of fused-ring (bicyclic) bond motifs is 2. The van der Waals surface area contributed by atoms with Gasteiger partial charge in [0.15, 0.2) is 0 Å². The molecule has 3 amide bonds. The molecule has 5 rings (SSSR count). The van der Waals surface area contributed by atoms with Crippen molar-refractivity contribution in [2.24, 2.45) is 11.8 Å². The van der Waals surface area contributed by atoms with E-state index in [4.69, 9.17) is 0 Å². The zero-order chi connectivity index (χ0) is 28.5. The van der Waals surface area contributed by atoms with Crippen LogP contribution in [0.5, 0.6) is 0 Å². The van der Waals surface area contributed by atoms with Gasteiger partial charge >= 0.3 is 0 Å². The lowest BCUT2D eigenvalue weighted by atomic mass is 9.74. The van der Waals surface area contributed by atoms with Gasteiger partial charge in [-0.25, -0.2) is 0 Å². The van der Waals surface area contributed by atoms with Gasteiger partial charge in [-0.05, 0) is 31.7 Å². The molecule has 0 bridgehead atoms. The molecule has 2 fully saturated rings. The predicted octanol–water partition coefficient (Wildman–Crippen LogP) is 3.67. The first-order valence-electron chi connectivity index (χ1n) is 14.9. The van der Waals surface area contributed by atoms with Gasteiger partial charge in [0, 0.05) is 30.9 Å². The Hall–Kier alpha value is -2.58. The Morgan fingerprint density at radius 2 is 1.60 bits per heavy atom. The zero-order valence-electron chi connectivity index (χ0n) is 24.0.